The summed E-state index contributed by atoms with van der Waals surface area (Å²) < 4.78 is 15.6. The largest absolute Gasteiger partial charge is 0.496 e. The number of hydrogen-bond acceptors (Lipinski definition) is 4. The molecular weight excluding hydrogens is 230 g/mol. The van der Waals surface area contributed by atoms with Crippen LogP contribution in [0.2, 0.25) is 0 Å². The number of ether oxygens (including phenoxy) is 3. The molecule has 0 fully saturated rings. The van der Waals surface area contributed by atoms with E-state index in [1.165, 1.54) is 5.56 Å². The van der Waals surface area contributed by atoms with E-state index in [2.05, 4.69) is 11.4 Å². The van der Waals surface area contributed by atoms with E-state index in [0.717, 1.165) is 31.9 Å². The molecule has 0 saturated carbocycles. The van der Waals surface area contributed by atoms with Crippen LogP contribution in [0.15, 0.2) is 24.3 Å². The quantitative estimate of drug-likeness (QED) is 0.641. The number of para-hydroxylation sites is 1. The van der Waals surface area contributed by atoms with Crippen molar-refractivity contribution in [1.82, 2.24) is 5.32 Å². The molecule has 0 heterocycles. The maximum absolute atomic E-state index is 5.36. The molecular formula is C14H23NO3. The van der Waals surface area contributed by atoms with Crippen LogP contribution in [-0.4, -0.2) is 47.1 Å². The van der Waals surface area contributed by atoms with E-state index in [1.807, 2.05) is 18.2 Å². The van der Waals surface area contributed by atoms with E-state index in [0.29, 0.717) is 13.2 Å². The van der Waals surface area contributed by atoms with Crippen molar-refractivity contribution in [3.8, 4) is 5.75 Å². The first-order valence-corrected chi connectivity index (χ1v) is 6.27. The fourth-order valence-corrected chi connectivity index (χ4v) is 1.65. The van der Waals surface area contributed by atoms with Crippen molar-refractivity contribution in [3.05, 3.63) is 29.8 Å². The van der Waals surface area contributed by atoms with Crippen molar-refractivity contribution < 1.29 is 14.2 Å². The molecule has 1 N–H and O–H groups in total. The molecule has 0 aliphatic carbocycles. The molecule has 102 valence electrons. The molecule has 0 bridgehead atoms. The van der Waals surface area contributed by atoms with Gasteiger partial charge in [0.25, 0.3) is 0 Å². The highest BCUT2D eigenvalue weighted by Crippen LogP contribution is 2.16. The Labute approximate surface area is 109 Å². The van der Waals surface area contributed by atoms with Crippen LogP contribution in [0.5, 0.6) is 5.75 Å². The van der Waals surface area contributed by atoms with Gasteiger partial charge in [-0.2, -0.15) is 0 Å². The summed E-state index contributed by atoms with van der Waals surface area (Å²) in [6.07, 6.45) is 0.960. The van der Waals surface area contributed by atoms with E-state index in [4.69, 9.17) is 14.2 Å². The van der Waals surface area contributed by atoms with Gasteiger partial charge in [-0.15, -0.1) is 0 Å². The first-order chi connectivity index (χ1) is 8.88. The Morgan fingerprint density at radius 3 is 2.61 bits per heavy atom. The van der Waals surface area contributed by atoms with E-state index < -0.39 is 0 Å². The molecule has 0 atom stereocenters. The summed E-state index contributed by atoms with van der Waals surface area (Å²) in [5.41, 5.74) is 1.23. The number of benzene rings is 1. The highest BCUT2D eigenvalue weighted by molar-refractivity contribution is 5.33. The molecule has 4 nitrogen and oxygen atoms in total. The minimum Gasteiger partial charge on any atom is -0.496 e. The van der Waals surface area contributed by atoms with E-state index in [-0.39, 0.29) is 0 Å². The molecule has 1 rings (SSSR count). The van der Waals surface area contributed by atoms with E-state index in [9.17, 15) is 0 Å². The van der Waals surface area contributed by atoms with Crippen LogP contribution in [0.3, 0.4) is 0 Å². The molecule has 0 aliphatic rings. The third kappa shape index (κ3) is 6.00. The van der Waals surface area contributed by atoms with Crippen molar-refractivity contribution in [2.24, 2.45) is 0 Å². The number of methoxy groups -OCH3 is 2. The van der Waals surface area contributed by atoms with Gasteiger partial charge in [-0.05, 0) is 24.6 Å². The van der Waals surface area contributed by atoms with Gasteiger partial charge in [0.2, 0.25) is 0 Å². The number of nitrogens with one attached hydrogen (secondary N) is 1. The SMILES string of the molecule is COCCOCCNCCc1ccccc1OC. The summed E-state index contributed by atoms with van der Waals surface area (Å²) in [7, 11) is 3.38. The fourth-order valence-electron chi connectivity index (χ4n) is 1.65. The molecule has 0 saturated heterocycles. The summed E-state index contributed by atoms with van der Waals surface area (Å²) >= 11 is 0. The van der Waals surface area contributed by atoms with Crippen LogP contribution in [0, 0.1) is 0 Å². The molecule has 1 aromatic carbocycles. The Morgan fingerprint density at radius 2 is 1.83 bits per heavy atom. The van der Waals surface area contributed by atoms with Crippen molar-refractivity contribution in [1.29, 1.82) is 0 Å². The predicted molar refractivity (Wildman–Crippen MR) is 72.3 cm³/mol. The van der Waals surface area contributed by atoms with Crippen LogP contribution in [0.4, 0.5) is 0 Å². The Morgan fingerprint density at radius 1 is 1.00 bits per heavy atom. The van der Waals surface area contributed by atoms with Gasteiger partial charge >= 0.3 is 0 Å². The molecule has 18 heavy (non-hydrogen) atoms. The van der Waals surface area contributed by atoms with Crippen molar-refractivity contribution in [2.45, 2.75) is 6.42 Å². The minimum absolute atomic E-state index is 0.654. The summed E-state index contributed by atoms with van der Waals surface area (Å²) in [5, 5.41) is 3.34. The Bertz CT molecular complexity index is 318. The van der Waals surface area contributed by atoms with E-state index in [1.54, 1.807) is 14.2 Å². The Hall–Kier alpha value is -1.10. The maximum atomic E-state index is 5.36. The molecule has 4 heteroatoms. The van der Waals surface area contributed by atoms with Gasteiger partial charge in [0, 0.05) is 13.7 Å². The van der Waals surface area contributed by atoms with Crippen LogP contribution in [0.25, 0.3) is 0 Å². The van der Waals surface area contributed by atoms with Gasteiger partial charge < -0.3 is 19.5 Å². The van der Waals surface area contributed by atoms with Crippen LogP contribution < -0.4 is 10.1 Å². The fraction of sp³-hybridized carbons (Fsp3) is 0.571. The van der Waals surface area contributed by atoms with Crippen LogP contribution in [-0.2, 0) is 15.9 Å². The molecule has 0 aliphatic heterocycles. The number of hydrogen-bond donors (Lipinski definition) is 1. The third-order valence-electron chi connectivity index (χ3n) is 2.62. The summed E-state index contributed by atoms with van der Waals surface area (Å²) in [4.78, 5) is 0. The average molecular weight is 253 g/mol. The second-order valence-corrected chi connectivity index (χ2v) is 3.92. The van der Waals surface area contributed by atoms with Crippen LogP contribution in [0.1, 0.15) is 5.56 Å². The van der Waals surface area contributed by atoms with Crippen molar-refractivity contribution >= 4 is 0 Å². The zero-order valence-electron chi connectivity index (χ0n) is 11.3. The maximum Gasteiger partial charge on any atom is 0.122 e. The normalized spacial score (nSPS) is 10.6. The standard InChI is InChI=1S/C14H23NO3/c1-16-11-12-18-10-9-15-8-7-13-5-3-4-6-14(13)17-2/h3-6,15H,7-12H2,1-2H3. The van der Waals surface area contributed by atoms with Gasteiger partial charge in [-0.3, -0.25) is 0 Å². The minimum atomic E-state index is 0.654. The lowest BCUT2D eigenvalue weighted by Crippen LogP contribution is -2.23. The third-order valence-corrected chi connectivity index (χ3v) is 2.62. The van der Waals surface area contributed by atoms with Crippen molar-refractivity contribution in [2.75, 3.05) is 47.1 Å². The summed E-state index contributed by atoms with van der Waals surface area (Å²) in [5.74, 6) is 0.954. The molecule has 0 unspecified atom stereocenters. The monoisotopic (exact) mass is 253 g/mol. The Kier molecular flexibility index (Phi) is 8.21. The van der Waals surface area contributed by atoms with Gasteiger partial charge in [0.05, 0.1) is 26.9 Å². The van der Waals surface area contributed by atoms with Gasteiger partial charge in [-0.1, -0.05) is 18.2 Å². The first-order valence-electron chi connectivity index (χ1n) is 6.27. The lowest BCUT2D eigenvalue weighted by molar-refractivity contribution is 0.0721. The summed E-state index contributed by atoms with van der Waals surface area (Å²) in [6, 6.07) is 8.10. The van der Waals surface area contributed by atoms with E-state index >= 15 is 0 Å². The zero-order chi connectivity index (χ0) is 13.1. The molecule has 0 amide bonds. The average Bonchev–Trinajstić information content (AvgIpc) is 2.42. The lowest BCUT2D eigenvalue weighted by atomic mass is 10.1. The second kappa shape index (κ2) is 9.88. The van der Waals surface area contributed by atoms with Gasteiger partial charge in [-0.25, -0.2) is 0 Å². The van der Waals surface area contributed by atoms with Gasteiger partial charge in [0.15, 0.2) is 0 Å². The molecule has 0 aromatic heterocycles. The zero-order valence-corrected chi connectivity index (χ0v) is 11.3. The van der Waals surface area contributed by atoms with Crippen molar-refractivity contribution in [3.63, 3.8) is 0 Å². The Balaban J connectivity index is 2.07. The molecule has 0 radical (unpaired) electrons. The molecule has 1 aromatic rings. The predicted octanol–water partition coefficient (Wildman–Crippen LogP) is 1.49. The first kappa shape index (κ1) is 15.0. The smallest absolute Gasteiger partial charge is 0.122 e. The highest BCUT2D eigenvalue weighted by atomic mass is 16.5. The highest BCUT2D eigenvalue weighted by Gasteiger charge is 2.00. The number of rotatable bonds is 10. The lowest BCUT2D eigenvalue weighted by Gasteiger charge is -2.09. The molecule has 0 spiro atoms. The van der Waals surface area contributed by atoms with Gasteiger partial charge in [0.1, 0.15) is 5.75 Å². The summed E-state index contributed by atoms with van der Waals surface area (Å²) in [6.45, 7) is 3.81. The van der Waals surface area contributed by atoms with Crippen LogP contribution >= 0.6 is 0 Å². The second-order valence-electron chi connectivity index (χ2n) is 3.92. The topological polar surface area (TPSA) is 39.7 Å².